The van der Waals surface area contributed by atoms with E-state index in [1.807, 2.05) is 12.1 Å². The van der Waals surface area contributed by atoms with Crippen LogP contribution in [0.4, 0.5) is 21.5 Å². The number of rotatable bonds is 2. The summed E-state index contributed by atoms with van der Waals surface area (Å²) in [5.41, 5.74) is 7.25. The summed E-state index contributed by atoms with van der Waals surface area (Å²) in [5.74, 6) is -0.556. The monoisotopic (exact) mass is 252 g/mol. The van der Waals surface area contributed by atoms with Crippen LogP contribution in [0, 0.1) is 28.5 Å². The molecule has 2 aromatic carbocycles. The fraction of sp³-hybridized carbons (Fsp3) is 0. The number of nitrogen functional groups attached to an aromatic ring is 1. The van der Waals surface area contributed by atoms with E-state index in [0.717, 1.165) is 6.07 Å². The van der Waals surface area contributed by atoms with Crippen molar-refractivity contribution in [3.8, 4) is 12.1 Å². The molecular formula is C14H9FN4. The van der Waals surface area contributed by atoms with Crippen LogP contribution in [0.2, 0.25) is 0 Å². The van der Waals surface area contributed by atoms with Gasteiger partial charge in [-0.2, -0.15) is 10.5 Å². The minimum Gasteiger partial charge on any atom is -0.399 e. The van der Waals surface area contributed by atoms with Gasteiger partial charge < -0.3 is 11.1 Å². The molecule has 0 saturated carbocycles. The van der Waals surface area contributed by atoms with Crippen LogP contribution < -0.4 is 11.1 Å². The van der Waals surface area contributed by atoms with Crippen LogP contribution in [0.15, 0.2) is 36.4 Å². The molecule has 3 N–H and O–H groups in total. The van der Waals surface area contributed by atoms with Gasteiger partial charge in [0.2, 0.25) is 0 Å². The number of nitriles is 2. The summed E-state index contributed by atoms with van der Waals surface area (Å²) >= 11 is 0. The van der Waals surface area contributed by atoms with Crippen LogP contribution >= 0.6 is 0 Å². The van der Waals surface area contributed by atoms with Gasteiger partial charge in [-0.3, -0.25) is 0 Å². The van der Waals surface area contributed by atoms with Gasteiger partial charge in [0.25, 0.3) is 0 Å². The van der Waals surface area contributed by atoms with Crippen molar-refractivity contribution in [2.45, 2.75) is 0 Å². The number of nitrogens with two attached hydrogens (primary N) is 1. The molecule has 4 nitrogen and oxygen atoms in total. The SMILES string of the molecule is N#Cc1ccc(Nc2ccc(N)cc2C#N)c(F)c1. The second-order valence-electron chi connectivity index (χ2n) is 3.85. The van der Waals surface area contributed by atoms with Crippen LogP contribution in [0.25, 0.3) is 0 Å². The Bertz CT molecular complexity index is 710. The third-order valence-corrected chi connectivity index (χ3v) is 2.53. The molecule has 0 aliphatic heterocycles. The number of hydrogen-bond acceptors (Lipinski definition) is 4. The highest BCUT2D eigenvalue weighted by Gasteiger charge is 2.07. The van der Waals surface area contributed by atoms with Gasteiger partial charge in [-0.05, 0) is 36.4 Å². The molecule has 0 radical (unpaired) electrons. The molecule has 2 rings (SSSR count). The lowest BCUT2D eigenvalue weighted by Gasteiger charge is -2.09. The maximum atomic E-state index is 13.7. The van der Waals surface area contributed by atoms with Gasteiger partial charge >= 0.3 is 0 Å². The number of nitrogens with one attached hydrogen (secondary N) is 1. The molecule has 0 amide bonds. The van der Waals surface area contributed by atoms with Crippen molar-refractivity contribution in [3.05, 3.63) is 53.3 Å². The van der Waals surface area contributed by atoms with E-state index in [2.05, 4.69) is 5.32 Å². The predicted molar refractivity (Wildman–Crippen MR) is 70.0 cm³/mol. The molecule has 92 valence electrons. The van der Waals surface area contributed by atoms with E-state index in [0.29, 0.717) is 16.9 Å². The number of nitrogens with zero attached hydrogens (tertiary/aromatic N) is 2. The highest BCUT2D eigenvalue weighted by Crippen LogP contribution is 2.24. The molecule has 0 aliphatic rings. The zero-order valence-electron chi connectivity index (χ0n) is 9.81. The summed E-state index contributed by atoms with van der Waals surface area (Å²) in [5, 5.41) is 20.5. The third kappa shape index (κ3) is 2.62. The molecule has 0 heterocycles. The highest BCUT2D eigenvalue weighted by molar-refractivity contribution is 5.70. The predicted octanol–water partition coefficient (Wildman–Crippen LogP) is 2.89. The summed E-state index contributed by atoms with van der Waals surface area (Å²) in [6.07, 6.45) is 0. The molecule has 0 saturated heterocycles. The van der Waals surface area contributed by atoms with Crippen molar-refractivity contribution >= 4 is 17.1 Å². The van der Waals surface area contributed by atoms with Crippen LogP contribution in [-0.2, 0) is 0 Å². The number of anilines is 3. The Morgan fingerprint density at radius 3 is 2.37 bits per heavy atom. The Balaban J connectivity index is 2.37. The van der Waals surface area contributed by atoms with Crippen LogP contribution in [-0.4, -0.2) is 0 Å². The average Bonchev–Trinajstić information content (AvgIpc) is 2.42. The standard InChI is InChI=1S/C14H9FN4/c15-12-5-9(7-16)1-3-14(12)19-13-4-2-11(18)6-10(13)8-17/h1-6,19H,18H2. The van der Waals surface area contributed by atoms with E-state index >= 15 is 0 Å². The first kappa shape index (κ1) is 12.4. The first-order valence-corrected chi connectivity index (χ1v) is 5.40. The first-order valence-electron chi connectivity index (χ1n) is 5.40. The Morgan fingerprint density at radius 2 is 1.74 bits per heavy atom. The third-order valence-electron chi connectivity index (χ3n) is 2.53. The molecule has 19 heavy (non-hydrogen) atoms. The summed E-state index contributed by atoms with van der Waals surface area (Å²) in [7, 11) is 0. The van der Waals surface area contributed by atoms with E-state index in [1.165, 1.54) is 18.2 Å². The molecule has 0 atom stereocenters. The van der Waals surface area contributed by atoms with Gasteiger partial charge in [-0.15, -0.1) is 0 Å². The summed E-state index contributed by atoms with van der Waals surface area (Å²) in [6.45, 7) is 0. The fourth-order valence-corrected chi connectivity index (χ4v) is 1.59. The Hall–Kier alpha value is -3.05. The Morgan fingerprint density at radius 1 is 1.00 bits per heavy atom. The molecule has 0 bridgehead atoms. The summed E-state index contributed by atoms with van der Waals surface area (Å²) in [4.78, 5) is 0. The van der Waals surface area contributed by atoms with Crippen molar-refractivity contribution in [2.24, 2.45) is 0 Å². The molecule has 0 spiro atoms. The average molecular weight is 252 g/mol. The van der Waals surface area contributed by atoms with E-state index in [4.69, 9.17) is 16.3 Å². The van der Waals surface area contributed by atoms with E-state index < -0.39 is 5.82 Å². The lowest BCUT2D eigenvalue weighted by atomic mass is 10.1. The van der Waals surface area contributed by atoms with E-state index in [1.54, 1.807) is 12.1 Å². The normalized spacial score (nSPS) is 9.42. The topological polar surface area (TPSA) is 85.6 Å². The smallest absolute Gasteiger partial charge is 0.147 e. The van der Waals surface area contributed by atoms with E-state index in [-0.39, 0.29) is 11.3 Å². The zero-order chi connectivity index (χ0) is 13.8. The number of halogens is 1. The zero-order valence-corrected chi connectivity index (χ0v) is 9.81. The Kier molecular flexibility index (Phi) is 3.31. The molecule has 5 heteroatoms. The van der Waals surface area contributed by atoms with Crippen LogP contribution in [0.5, 0.6) is 0 Å². The quantitative estimate of drug-likeness (QED) is 0.804. The van der Waals surface area contributed by atoms with Gasteiger partial charge in [0.1, 0.15) is 11.9 Å². The summed E-state index contributed by atoms with van der Waals surface area (Å²) in [6, 6.07) is 12.6. The number of benzene rings is 2. The van der Waals surface area contributed by atoms with Crippen molar-refractivity contribution in [3.63, 3.8) is 0 Å². The second kappa shape index (κ2) is 5.07. The van der Waals surface area contributed by atoms with Gasteiger partial charge in [-0.1, -0.05) is 0 Å². The molecule has 0 fully saturated rings. The maximum Gasteiger partial charge on any atom is 0.147 e. The fourth-order valence-electron chi connectivity index (χ4n) is 1.59. The first-order chi connectivity index (χ1) is 9.13. The molecule has 0 unspecified atom stereocenters. The lowest BCUT2D eigenvalue weighted by Crippen LogP contribution is -1.98. The van der Waals surface area contributed by atoms with Gasteiger partial charge in [0.15, 0.2) is 0 Å². The Labute approximate surface area is 109 Å². The molecule has 0 aliphatic carbocycles. The van der Waals surface area contributed by atoms with Crippen molar-refractivity contribution in [1.29, 1.82) is 10.5 Å². The summed E-state index contributed by atoms with van der Waals surface area (Å²) < 4.78 is 13.7. The van der Waals surface area contributed by atoms with Gasteiger partial charge in [-0.25, -0.2) is 4.39 Å². The van der Waals surface area contributed by atoms with Gasteiger partial charge in [0, 0.05) is 5.69 Å². The van der Waals surface area contributed by atoms with Crippen LogP contribution in [0.1, 0.15) is 11.1 Å². The largest absolute Gasteiger partial charge is 0.399 e. The molecular weight excluding hydrogens is 243 g/mol. The highest BCUT2D eigenvalue weighted by atomic mass is 19.1. The molecule has 2 aromatic rings. The minimum atomic E-state index is -0.556. The van der Waals surface area contributed by atoms with Gasteiger partial charge in [0.05, 0.1) is 28.6 Å². The number of hydrogen-bond donors (Lipinski definition) is 2. The van der Waals surface area contributed by atoms with Crippen molar-refractivity contribution in [1.82, 2.24) is 0 Å². The maximum absolute atomic E-state index is 13.7. The van der Waals surface area contributed by atoms with Crippen LogP contribution in [0.3, 0.4) is 0 Å². The van der Waals surface area contributed by atoms with Crippen molar-refractivity contribution < 1.29 is 4.39 Å². The van der Waals surface area contributed by atoms with E-state index in [9.17, 15) is 4.39 Å². The second-order valence-corrected chi connectivity index (χ2v) is 3.85. The lowest BCUT2D eigenvalue weighted by molar-refractivity contribution is 0.631. The van der Waals surface area contributed by atoms with Crippen molar-refractivity contribution in [2.75, 3.05) is 11.1 Å². The minimum absolute atomic E-state index is 0.195. The molecule has 0 aromatic heterocycles.